The molecule has 0 radical (unpaired) electrons. The van der Waals surface area contributed by atoms with Gasteiger partial charge in [-0.25, -0.2) is 17.2 Å². The van der Waals surface area contributed by atoms with Gasteiger partial charge < -0.3 is 10.1 Å². The number of anilines is 2. The first-order valence-electron chi connectivity index (χ1n) is 9.13. The Morgan fingerprint density at radius 1 is 1.00 bits per heavy atom. The molecule has 6 nitrogen and oxygen atoms in total. The first-order chi connectivity index (χ1) is 14.6. The van der Waals surface area contributed by atoms with Gasteiger partial charge in [-0.15, -0.1) is 0 Å². The van der Waals surface area contributed by atoms with Crippen molar-refractivity contribution in [2.75, 3.05) is 23.8 Å². The predicted octanol–water partition coefficient (Wildman–Crippen LogP) is 4.36. The monoisotopic (exact) mass is 446 g/mol. The van der Waals surface area contributed by atoms with Crippen molar-refractivity contribution in [2.24, 2.45) is 0 Å². The van der Waals surface area contributed by atoms with Crippen LogP contribution in [-0.4, -0.2) is 28.5 Å². The van der Waals surface area contributed by atoms with Crippen LogP contribution in [0, 0.1) is 18.6 Å². The van der Waals surface area contributed by atoms with E-state index in [0.29, 0.717) is 23.1 Å². The van der Waals surface area contributed by atoms with Gasteiger partial charge >= 0.3 is 0 Å². The topological polar surface area (TPSA) is 75.7 Å². The van der Waals surface area contributed by atoms with Crippen LogP contribution in [0.1, 0.15) is 15.9 Å². The van der Waals surface area contributed by atoms with Gasteiger partial charge in [-0.05, 0) is 48.9 Å². The molecule has 0 aliphatic heterocycles. The van der Waals surface area contributed by atoms with Crippen molar-refractivity contribution >= 4 is 27.3 Å². The maximum atomic E-state index is 13.4. The van der Waals surface area contributed by atoms with Crippen LogP contribution < -0.4 is 14.4 Å². The summed E-state index contributed by atoms with van der Waals surface area (Å²) < 4.78 is 59.4. The zero-order valence-corrected chi connectivity index (χ0v) is 17.8. The van der Waals surface area contributed by atoms with E-state index >= 15 is 0 Å². The first-order valence-corrected chi connectivity index (χ1v) is 10.6. The number of nitrogens with zero attached hydrogens (tertiary/aromatic N) is 1. The van der Waals surface area contributed by atoms with E-state index in [1.165, 1.54) is 32.4 Å². The largest absolute Gasteiger partial charge is 0.495 e. The van der Waals surface area contributed by atoms with E-state index < -0.39 is 27.6 Å². The number of carbonyl (C=O) groups excluding carboxylic acids is 1. The highest BCUT2D eigenvalue weighted by molar-refractivity contribution is 7.92. The van der Waals surface area contributed by atoms with Gasteiger partial charge in [0.2, 0.25) is 0 Å². The molecule has 9 heteroatoms. The van der Waals surface area contributed by atoms with Crippen molar-refractivity contribution in [1.82, 2.24) is 0 Å². The Labute approximate surface area is 179 Å². The average molecular weight is 446 g/mol. The number of para-hydroxylation sites is 2. The molecular weight excluding hydrogens is 426 g/mol. The molecule has 0 aromatic heterocycles. The maximum absolute atomic E-state index is 13.4. The number of hydrogen-bond donors (Lipinski definition) is 1. The zero-order valence-electron chi connectivity index (χ0n) is 17.0. The highest BCUT2D eigenvalue weighted by atomic mass is 32.2. The summed E-state index contributed by atoms with van der Waals surface area (Å²) in [5.41, 5.74) is 0.792. The third kappa shape index (κ3) is 4.66. The van der Waals surface area contributed by atoms with Crippen molar-refractivity contribution in [3.63, 3.8) is 0 Å². The van der Waals surface area contributed by atoms with E-state index in [-0.39, 0.29) is 16.1 Å². The molecule has 1 N–H and O–H groups in total. The van der Waals surface area contributed by atoms with Gasteiger partial charge in [0.15, 0.2) is 0 Å². The van der Waals surface area contributed by atoms with E-state index in [1.807, 2.05) is 0 Å². The summed E-state index contributed by atoms with van der Waals surface area (Å²) in [5.74, 6) is -2.02. The van der Waals surface area contributed by atoms with E-state index in [0.717, 1.165) is 16.4 Å². The number of benzene rings is 3. The fourth-order valence-corrected chi connectivity index (χ4v) is 4.24. The van der Waals surface area contributed by atoms with Gasteiger partial charge in [0.1, 0.15) is 17.4 Å². The van der Waals surface area contributed by atoms with Crippen LogP contribution in [0.3, 0.4) is 0 Å². The molecule has 31 heavy (non-hydrogen) atoms. The standard InChI is InChI=1S/C22H20F2N2O4S/c1-14-8-9-18(31(28,29)26(2)20-6-4-5-7-21(20)30-3)13-19(14)22(27)25-17-11-15(23)10-16(24)12-17/h4-13H,1-3H3,(H,25,27). The summed E-state index contributed by atoms with van der Waals surface area (Å²) in [6.07, 6.45) is 0. The van der Waals surface area contributed by atoms with Crippen molar-refractivity contribution < 1.29 is 26.7 Å². The molecule has 0 unspecified atom stereocenters. The van der Waals surface area contributed by atoms with E-state index in [4.69, 9.17) is 4.74 Å². The van der Waals surface area contributed by atoms with Crippen LogP contribution in [0.25, 0.3) is 0 Å². The summed E-state index contributed by atoms with van der Waals surface area (Å²) in [6.45, 7) is 1.63. The molecular formula is C22H20F2N2O4S. The Balaban J connectivity index is 1.96. The quantitative estimate of drug-likeness (QED) is 0.611. The second-order valence-electron chi connectivity index (χ2n) is 6.73. The smallest absolute Gasteiger partial charge is 0.264 e. The number of ether oxygens (including phenoxy) is 1. The lowest BCUT2D eigenvalue weighted by Gasteiger charge is -2.22. The van der Waals surface area contributed by atoms with Gasteiger partial charge in [-0.3, -0.25) is 9.10 Å². The SMILES string of the molecule is COc1ccccc1N(C)S(=O)(=O)c1ccc(C)c(C(=O)Nc2cc(F)cc(F)c2)c1. The second-order valence-corrected chi connectivity index (χ2v) is 8.70. The molecule has 0 atom stereocenters. The highest BCUT2D eigenvalue weighted by Gasteiger charge is 2.25. The number of sulfonamides is 1. The Bertz CT molecular complexity index is 1230. The minimum atomic E-state index is -4.03. The third-order valence-corrected chi connectivity index (χ3v) is 6.42. The van der Waals surface area contributed by atoms with Crippen LogP contribution in [0.2, 0.25) is 0 Å². The average Bonchev–Trinajstić information content (AvgIpc) is 2.72. The molecule has 3 aromatic carbocycles. The number of hydrogen-bond acceptors (Lipinski definition) is 4. The van der Waals surface area contributed by atoms with Crippen molar-refractivity contribution in [3.05, 3.63) is 83.4 Å². The summed E-state index contributed by atoms with van der Waals surface area (Å²) >= 11 is 0. The minimum Gasteiger partial charge on any atom is -0.495 e. The number of halogens is 2. The second kappa shape index (κ2) is 8.73. The van der Waals surface area contributed by atoms with Crippen molar-refractivity contribution in [1.29, 1.82) is 0 Å². The van der Waals surface area contributed by atoms with Crippen LogP contribution in [0.4, 0.5) is 20.2 Å². The van der Waals surface area contributed by atoms with Crippen LogP contribution in [0.15, 0.2) is 65.6 Å². The van der Waals surface area contributed by atoms with Crippen LogP contribution in [-0.2, 0) is 10.0 Å². The van der Waals surface area contributed by atoms with E-state index in [9.17, 15) is 22.0 Å². The molecule has 162 valence electrons. The number of carbonyl (C=O) groups is 1. The lowest BCUT2D eigenvalue weighted by atomic mass is 10.1. The van der Waals surface area contributed by atoms with E-state index in [1.54, 1.807) is 31.2 Å². The van der Waals surface area contributed by atoms with E-state index in [2.05, 4.69) is 5.32 Å². The fourth-order valence-electron chi connectivity index (χ4n) is 3.01. The Hall–Kier alpha value is -3.46. The predicted molar refractivity (Wildman–Crippen MR) is 114 cm³/mol. The zero-order chi connectivity index (χ0) is 22.8. The number of amides is 1. The molecule has 0 spiro atoms. The molecule has 0 aliphatic rings. The van der Waals surface area contributed by atoms with Crippen LogP contribution in [0.5, 0.6) is 5.75 Å². The molecule has 0 fully saturated rings. The molecule has 0 saturated heterocycles. The van der Waals surface area contributed by atoms with Crippen molar-refractivity contribution in [3.8, 4) is 5.75 Å². The summed E-state index contributed by atoms with van der Waals surface area (Å²) in [7, 11) is -1.22. The lowest BCUT2D eigenvalue weighted by molar-refractivity contribution is 0.102. The first kappa shape index (κ1) is 22.2. The van der Waals surface area contributed by atoms with Crippen molar-refractivity contribution in [2.45, 2.75) is 11.8 Å². The number of nitrogens with one attached hydrogen (secondary N) is 1. The normalized spacial score (nSPS) is 11.1. The summed E-state index contributed by atoms with van der Waals surface area (Å²) in [5, 5.41) is 2.39. The minimum absolute atomic E-state index is 0.0548. The summed E-state index contributed by atoms with van der Waals surface area (Å²) in [4.78, 5) is 12.6. The number of methoxy groups -OCH3 is 1. The van der Waals surface area contributed by atoms with Crippen LogP contribution >= 0.6 is 0 Å². The number of rotatable bonds is 6. The molecule has 0 saturated carbocycles. The fraction of sp³-hybridized carbons (Fsp3) is 0.136. The molecule has 3 rings (SSSR count). The molecule has 3 aromatic rings. The molecule has 0 bridgehead atoms. The number of aryl methyl sites for hydroxylation is 1. The summed E-state index contributed by atoms with van der Waals surface area (Å²) in [6, 6.07) is 13.3. The van der Waals surface area contributed by atoms with Gasteiger partial charge in [0.05, 0.1) is 17.7 Å². The van der Waals surface area contributed by atoms with Gasteiger partial charge in [-0.1, -0.05) is 18.2 Å². The van der Waals surface area contributed by atoms with Gasteiger partial charge in [0.25, 0.3) is 15.9 Å². The molecule has 1 amide bonds. The molecule has 0 heterocycles. The van der Waals surface area contributed by atoms with Gasteiger partial charge in [0, 0.05) is 24.4 Å². The Morgan fingerprint density at radius 3 is 2.29 bits per heavy atom. The molecule has 0 aliphatic carbocycles. The lowest BCUT2D eigenvalue weighted by Crippen LogP contribution is -2.27. The Kier molecular flexibility index (Phi) is 6.26. The van der Waals surface area contributed by atoms with Gasteiger partial charge in [-0.2, -0.15) is 0 Å². The third-order valence-electron chi connectivity index (χ3n) is 4.66. The highest BCUT2D eigenvalue weighted by Crippen LogP contribution is 2.31. The Morgan fingerprint density at radius 2 is 1.65 bits per heavy atom. The maximum Gasteiger partial charge on any atom is 0.264 e.